The predicted molar refractivity (Wildman–Crippen MR) is 77.5 cm³/mol. The van der Waals surface area contributed by atoms with Crippen molar-refractivity contribution in [1.82, 2.24) is 4.98 Å². The highest BCUT2D eigenvalue weighted by Crippen LogP contribution is 2.39. The number of anilines is 1. The number of allylic oxidation sites excluding steroid dienone is 2. The average molecular weight is 284 g/mol. The Bertz CT molecular complexity index is 690. The molecule has 0 saturated carbocycles. The standard InChI is InChI=1S/C15H12N2O2S/c18-13-9-5-1-2-6-10(9)14(19)17(13)15-16-11-7-3-4-8-12(11)20-15/h1-4,7-10H,5-6H2/t9-,10-/m1/s1. The Labute approximate surface area is 119 Å². The van der Waals surface area contributed by atoms with Gasteiger partial charge in [0.05, 0.1) is 22.1 Å². The van der Waals surface area contributed by atoms with Crippen LogP contribution in [0, 0.1) is 11.8 Å². The normalized spacial score (nSPS) is 25.5. The van der Waals surface area contributed by atoms with Crippen molar-refractivity contribution in [2.75, 3.05) is 4.90 Å². The Morgan fingerprint density at radius 2 is 1.70 bits per heavy atom. The third-order valence-electron chi connectivity index (χ3n) is 3.98. The van der Waals surface area contributed by atoms with E-state index in [2.05, 4.69) is 4.98 Å². The first kappa shape index (κ1) is 11.8. The summed E-state index contributed by atoms with van der Waals surface area (Å²) in [6.07, 6.45) is 5.32. The summed E-state index contributed by atoms with van der Waals surface area (Å²) in [5, 5.41) is 0.510. The fourth-order valence-electron chi connectivity index (χ4n) is 2.94. The predicted octanol–water partition coefficient (Wildman–Crippen LogP) is 2.75. The van der Waals surface area contributed by atoms with Crippen LogP contribution in [0.5, 0.6) is 0 Å². The van der Waals surface area contributed by atoms with Gasteiger partial charge in [0.2, 0.25) is 11.8 Å². The molecule has 1 aromatic heterocycles. The lowest BCUT2D eigenvalue weighted by atomic mass is 9.85. The Morgan fingerprint density at radius 3 is 2.35 bits per heavy atom. The first-order valence-electron chi connectivity index (χ1n) is 6.64. The molecule has 0 unspecified atom stereocenters. The number of fused-ring (bicyclic) bond motifs is 2. The van der Waals surface area contributed by atoms with Gasteiger partial charge in [-0.05, 0) is 25.0 Å². The number of aromatic nitrogens is 1. The monoisotopic (exact) mass is 284 g/mol. The number of amides is 2. The number of nitrogens with zero attached hydrogens (tertiary/aromatic N) is 2. The van der Waals surface area contributed by atoms with Crippen LogP contribution in [0.25, 0.3) is 10.2 Å². The van der Waals surface area contributed by atoms with Gasteiger partial charge in [-0.25, -0.2) is 9.88 Å². The van der Waals surface area contributed by atoms with Crippen molar-refractivity contribution in [2.45, 2.75) is 12.8 Å². The van der Waals surface area contributed by atoms with E-state index in [1.54, 1.807) is 0 Å². The van der Waals surface area contributed by atoms with Crippen molar-refractivity contribution in [1.29, 1.82) is 0 Å². The van der Waals surface area contributed by atoms with Crippen LogP contribution in [0.1, 0.15) is 12.8 Å². The van der Waals surface area contributed by atoms with Gasteiger partial charge in [0.1, 0.15) is 0 Å². The van der Waals surface area contributed by atoms with E-state index in [9.17, 15) is 9.59 Å². The van der Waals surface area contributed by atoms with Crippen molar-refractivity contribution in [3.05, 3.63) is 36.4 Å². The molecular weight excluding hydrogens is 272 g/mol. The van der Waals surface area contributed by atoms with Crippen LogP contribution in [0.2, 0.25) is 0 Å². The van der Waals surface area contributed by atoms with Crippen molar-refractivity contribution in [2.24, 2.45) is 11.8 Å². The lowest BCUT2D eigenvalue weighted by molar-refractivity contribution is -0.122. The van der Waals surface area contributed by atoms with Gasteiger partial charge >= 0.3 is 0 Å². The number of imide groups is 1. The average Bonchev–Trinajstić information content (AvgIpc) is 3.00. The fraction of sp³-hybridized carbons (Fsp3) is 0.267. The number of benzene rings is 1. The summed E-state index contributed by atoms with van der Waals surface area (Å²) < 4.78 is 0.996. The first-order valence-corrected chi connectivity index (χ1v) is 7.46. The maximum absolute atomic E-state index is 12.5. The Kier molecular flexibility index (Phi) is 2.50. The zero-order chi connectivity index (χ0) is 13.7. The van der Waals surface area contributed by atoms with E-state index in [-0.39, 0.29) is 23.7 Å². The van der Waals surface area contributed by atoms with Crippen LogP contribution >= 0.6 is 11.3 Å². The number of thiazole rings is 1. The maximum atomic E-state index is 12.5. The topological polar surface area (TPSA) is 50.3 Å². The second kappa shape index (κ2) is 4.24. The van der Waals surface area contributed by atoms with E-state index in [0.717, 1.165) is 10.2 Å². The molecule has 5 heteroatoms. The summed E-state index contributed by atoms with van der Waals surface area (Å²) in [4.78, 5) is 30.7. The molecule has 2 atom stereocenters. The van der Waals surface area contributed by atoms with E-state index in [1.807, 2.05) is 36.4 Å². The molecule has 2 aliphatic rings. The summed E-state index contributed by atoms with van der Waals surface area (Å²) in [7, 11) is 0. The molecule has 1 aliphatic carbocycles. The van der Waals surface area contributed by atoms with Crippen LogP contribution in [-0.4, -0.2) is 16.8 Å². The van der Waals surface area contributed by atoms with Crippen molar-refractivity contribution < 1.29 is 9.59 Å². The first-order chi connectivity index (χ1) is 9.75. The zero-order valence-electron chi connectivity index (χ0n) is 10.7. The van der Waals surface area contributed by atoms with Gasteiger partial charge in [0.15, 0.2) is 5.13 Å². The van der Waals surface area contributed by atoms with Crippen LogP contribution in [0.3, 0.4) is 0 Å². The third kappa shape index (κ3) is 1.56. The van der Waals surface area contributed by atoms with Crippen LogP contribution in [0.4, 0.5) is 5.13 Å². The van der Waals surface area contributed by atoms with Crippen molar-refractivity contribution >= 4 is 38.5 Å². The molecule has 1 aromatic carbocycles. The summed E-state index contributed by atoms with van der Waals surface area (Å²) in [5.41, 5.74) is 0.834. The number of hydrogen-bond acceptors (Lipinski definition) is 4. The van der Waals surface area contributed by atoms with Gasteiger partial charge in [-0.3, -0.25) is 9.59 Å². The van der Waals surface area contributed by atoms with Gasteiger partial charge < -0.3 is 0 Å². The molecular formula is C15H12N2O2S. The molecule has 0 spiro atoms. The van der Waals surface area contributed by atoms with E-state index >= 15 is 0 Å². The molecule has 2 heterocycles. The summed E-state index contributed by atoms with van der Waals surface area (Å²) in [6.45, 7) is 0. The Morgan fingerprint density at radius 1 is 1.05 bits per heavy atom. The molecule has 2 aromatic rings. The molecule has 100 valence electrons. The molecule has 4 rings (SSSR count). The van der Waals surface area contributed by atoms with E-state index in [0.29, 0.717) is 18.0 Å². The number of para-hydroxylation sites is 1. The smallest absolute Gasteiger partial charge is 0.239 e. The minimum Gasteiger partial charge on any atom is -0.274 e. The molecule has 2 amide bonds. The Hall–Kier alpha value is -2.01. The van der Waals surface area contributed by atoms with Crippen LogP contribution in [-0.2, 0) is 9.59 Å². The van der Waals surface area contributed by atoms with Crippen LogP contribution in [0.15, 0.2) is 36.4 Å². The number of rotatable bonds is 1. The summed E-state index contributed by atoms with van der Waals surface area (Å²) in [5.74, 6) is -0.578. The summed E-state index contributed by atoms with van der Waals surface area (Å²) >= 11 is 1.40. The second-order valence-corrected chi connectivity index (χ2v) is 6.14. The molecule has 1 aliphatic heterocycles. The lowest BCUT2D eigenvalue weighted by Crippen LogP contribution is -2.30. The minimum absolute atomic E-state index is 0.0941. The van der Waals surface area contributed by atoms with Gasteiger partial charge in [0, 0.05) is 0 Å². The van der Waals surface area contributed by atoms with Gasteiger partial charge in [-0.15, -0.1) is 0 Å². The molecule has 1 saturated heterocycles. The quantitative estimate of drug-likeness (QED) is 0.597. The minimum atomic E-state index is -0.195. The largest absolute Gasteiger partial charge is 0.274 e. The van der Waals surface area contributed by atoms with Gasteiger partial charge in [-0.2, -0.15) is 0 Å². The lowest BCUT2D eigenvalue weighted by Gasteiger charge is -2.14. The summed E-state index contributed by atoms with van der Waals surface area (Å²) in [6, 6.07) is 7.69. The van der Waals surface area contributed by atoms with Gasteiger partial charge in [0.25, 0.3) is 0 Å². The second-order valence-electron chi connectivity index (χ2n) is 5.13. The highest BCUT2D eigenvalue weighted by Gasteiger charge is 2.48. The highest BCUT2D eigenvalue weighted by molar-refractivity contribution is 7.22. The SMILES string of the molecule is O=C1[C@@H]2CC=CC[C@H]2C(=O)N1c1nc2ccccc2s1. The molecule has 1 fully saturated rings. The zero-order valence-corrected chi connectivity index (χ0v) is 11.5. The number of carbonyl (C=O) groups excluding carboxylic acids is 2. The number of carbonyl (C=O) groups is 2. The third-order valence-corrected chi connectivity index (χ3v) is 5.00. The molecule has 20 heavy (non-hydrogen) atoms. The molecule has 0 bridgehead atoms. The van der Waals surface area contributed by atoms with E-state index in [4.69, 9.17) is 0 Å². The van der Waals surface area contributed by atoms with Gasteiger partial charge in [-0.1, -0.05) is 35.6 Å². The maximum Gasteiger partial charge on any atom is 0.239 e. The van der Waals surface area contributed by atoms with E-state index in [1.165, 1.54) is 16.2 Å². The number of hydrogen-bond donors (Lipinski definition) is 0. The van der Waals surface area contributed by atoms with E-state index < -0.39 is 0 Å². The molecule has 4 nitrogen and oxygen atoms in total. The Balaban J connectivity index is 1.78. The highest BCUT2D eigenvalue weighted by atomic mass is 32.1. The fourth-order valence-corrected chi connectivity index (χ4v) is 3.92. The molecule has 0 radical (unpaired) electrons. The van der Waals surface area contributed by atoms with Crippen LogP contribution < -0.4 is 4.90 Å². The van der Waals surface area contributed by atoms with Crippen molar-refractivity contribution in [3.63, 3.8) is 0 Å². The molecule has 0 N–H and O–H groups in total. The van der Waals surface area contributed by atoms with Crippen molar-refractivity contribution in [3.8, 4) is 0 Å².